The molecule has 1 amide bonds. The van der Waals surface area contributed by atoms with Gasteiger partial charge in [-0.2, -0.15) is 0 Å². The summed E-state index contributed by atoms with van der Waals surface area (Å²) in [6, 6.07) is 17.0. The highest BCUT2D eigenvalue weighted by Crippen LogP contribution is 2.37. The molecule has 186 valence electrons. The van der Waals surface area contributed by atoms with Crippen LogP contribution in [0.25, 0.3) is 11.8 Å². The van der Waals surface area contributed by atoms with Gasteiger partial charge in [-0.15, -0.1) is 0 Å². The van der Waals surface area contributed by atoms with E-state index in [1.165, 1.54) is 12.0 Å². The summed E-state index contributed by atoms with van der Waals surface area (Å²) in [7, 11) is 2.88. The van der Waals surface area contributed by atoms with Crippen molar-refractivity contribution < 1.29 is 23.8 Å². The highest BCUT2D eigenvalue weighted by molar-refractivity contribution is 6.23. The van der Waals surface area contributed by atoms with Gasteiger partial charge in [0.15, 0.2) is 0 Å². The summed E-state index contributed by atoms with van der Waals surface area (Å²) in [4.78, 5) is 28.0. The van der Waals surface area contributed by atoms with Crippen LogP contribution in [0.5, 0.6) is 11.5 Å². The van der Waals surface area contributed by atoms with E-state index in [0.717, 1.165) is 28.4 Å². The zero-order valence-corrected chi connectivity index (χ0v) is 21.4. The smallest absolute Gasteiger partial charge is 0.340 e. The third kappa shape index (κ3) is 4.40. The Morgan fingerprint density at radius 3 is 2.31 bits per heavy atom. The number of nitrogens with zero attached hydrogens (tertiary/aromatic N) is 2. The number of hydrogen-bond donors (Lipinski definition) is 0. The Morgan fingerprint density at radius 2 is 1.67 bits per heavy atom. The molecule has 2 aromatic carbocycles. The summed E-state index contributed by atoms with van der Waals surface area (Å²) < 4.78 is 18.0. The van der Waals surface area contributed by atoms with Crippen LogP contribution in [-0.2, 0) is 14.3 Å². The van der Waals surface area contributed by atoms with Crippen molar-refractivity contribution >= 4 is 23.6 Å². The molecule has 0 radical (unpaired) electrons. The first-order valence-corrected chi connectivity index (χ1v) is 11.7. The van der Waals surface area contributed by atoms with Crippen LogP contribution in [-0.4, -0.2) is 37.3 Å². The van der Waals surface area contributed by atoms with Gasteiger partial charge < -0.3 is 18.8 Å². The topological polar surface area (TPSA) is 70.0 Å². The lowest BCUT2D eigenvalue weighted by Crippen LogP contribution is -2.24. The fourth-order valence-electron chi connectivity index (χ4n) is 4.59. The van der Waals surface area contributed by atoms with Gasteiger partial charge in [0.05, 0.1) is 37.7 Å². The number of rotatable bonds is 7. The lowest BCUT2D eigenvalue weighted by atomic mass is 10.0. The van der Waals surface area contributed by atoms with E-state index in [2.05, 4.69) is 4.57 Å². The zero-order chi connectivity index (χ0) is 26.0. The van der Waals surface area contributed by atoms with Crippen molar-refractivity contribution in [3.8, 4) is 17.2 Å². The summed E-state index contributed by atoms with van der Waals surface area (Å²) >= 11 is 0. The summed E-state index contributed by atoms with van der Waals surface area (Å²) in [5, 5.41) is 0. The molecule has 1 aliphatic rings. The van der Waals surface area contributed by atoms with Crippen LogP contribution in [0, 0.1) is 13.8 Å². The maximum Gasteiger partial charge on any atom is 0.340 e. The molecule has 0 saturated heterocycles. The number of allylic oxidation sites excluding steroid dienone is 1. The van der Waals surface area contributed by atoms with E-state index >= 15 is 0 Å². The van der Waals surface area contributed by atoms with E-state index in [0.29, 0.717) is 23.7 Å². The molecule has 0 spiro atoms. The molecule has 4 rings (SSSR count). The Bertz CT molecular complexity index is 1380. The van der Waals surface area contributed by atoms with Gasteiger partial charge in [-0.25, -0.2) is 4.79 Å². The molecule has 1 aromatic heterocycles. The fourth-order valence-corrected chi connectivity index (χ4v) is 4.59. The second-order valence-corrected chi connectivity index (χ2v) is 8.44. The standard InChI is InChI=1S/C29H30N2O5/c1-7-36-24-13-11-22(12-14-24)30-18(2)15-21(19(30)3)16-26-27(29(33)35-6)20(4)31(28(26)32)23-9-8-10-25(17-23)34-5/h8-17H,7H2,1-6H3/b26-16+. The molecule has 7 heteroatoms. The van der Waals surface area contributed by atoms with Gasteiger partial charge in [-0.1, -0.05) is 6.07 Å². The quantitative estimate of drug-likeness (QED) is 0.331. The Kier molecular flexibility index (Phi) is 7.01. The number of methoxy groups -OCH3 is 2. The second kappa shape index (κ2) is 10.2. The van der Waals surface area contributed by atoms with Gasteiger partial charge in [0.1, 0.15) is 11.5 Å². The van der Waals surface area contributed by atoms with E-state index in [9.17, 15) is 9.59 Å². The van der Waals surface area contributed by atoms with Gasteiger partial charge in [0.2, 0.25) is 0 Å². The third-order valence-electron chi connectivity index (χ3n) is 6.28. The monoisotopic (exact) mass is 486 g/mol. The normalized spacial score (nSPS) is 14.6. The molecule has 0 N–H and O–H groups in total. The van der Waals surface area contributed by atoms with Crippen molar-refractivity contribution in [2.24, 2.45) is 0 Å². The van der Waals surface area contributed by atoms with Crippen molar-refractivity contribution in [2.75, 3.05) is 25.7 Å². The molecule has 36 heavy (non-hydrogen) atoms. The Balaban J connectivity index is 1.79. The first-order valence-electron chi connectivity index (χ1n) is 11.7. The van der Waals surface area contributed by atoms with Gasteiger partial charge >= 0.3 is 5.97 Å². The average Bonchev–Trinajstić information content (AvgIpc) is 3.30. The largest absolute Gasteiger partial charge is 0.497 e. The number of benzene rings is 2. The van der Waals surface area contributed by atoms with Crippen LogP contribution in [0.4, 0.5) is 5.69 Å². The van der Waals surface area contributed by atoms with Gasteiger partial charge in [0, 0.05) is 28.8 Å². The molecule has 0 aliphatic carbocycles. The third-order valence-corrected chi connectivity index (χ3v) is 6.28. The van der Waals surface area contributed by atoms with Crippen molar-refractivity contribution in [1.82, 2.24) is 4.57 Å². The van der Waals surface area contributed by atoms with Crippen molar-refractivity contribution in [3.63, 3.8) is 0 Å². The summed E-state index contributed by atoms with van der Waals surface area (Å²) in [6.45, 7) is 8.30. The summed E-state index contributed by atoms with van der Waals surface area (Å²) in [5.74, 6) is 0.567. The molecule has 0 fully saturated rings. The molecule has 3 aromatic rings. The lowest BCUT2D eigenvalue weighted by molar-refractivity contribution is -0.136. The van der Waals surface area contributed by atoms with E-state index in [4.69, 9.17) is 14.2 Å². The molecule has 0 unspecified atom stereocenters. The van der Waals surface area contributed by atoms with E-state index in [1.54, 1.807) is 44.4 Å². The first-order chi connectivity index (χ1) is 17.3. The Hall–Kier alpha value is -4.26. The molecule has 2 heterocycles. The maximum absolute atomic E-state index is 13.7. The van der Waals surface area contributed by atoms with Crippen LogP contribution in [0.2, 0.25) is 0 Å². The number of amides is 1. The van der Waals surface area contributed by atoms with Crippen LogP contribution < -0.4 is 14.4 Å². The molecular formula is C29H30N2O5. The minimum atomic E-state index is -0.558. The minimum absolute atomic E-state index is 0.246. The predicted octanol–water partition coefficient (Wildman–Crippen LogP) is 5.38. The van der Waals surface area contributed by atoms with Crippen LogP contribution in [0.1, 0.15) is 30.8 Å². The van der Waals surface area contributed by atoms with Crippen LogP contribution in [0.15, 0.2) is 71.4 Å². The van der Waals surface area contributed by atoms with Gasteiger partial charge in [0.25, 0.3) is 5.91 Å². The van der Waals surface area contributed by atoms with Crippen LogP contribution in [0.3, 0.4) is 0 Å². The van der Waals surface area contributed by atoms with Crippen molar-refractivity contribution in [3.05, 3.63) is 88.4 Å². The number of ether oxygens (including phenoxy) is 3. The number of esters is 1. The molecule has 0 atom stereocenters. The molecule has 1 aliphatic heterocycles. The predicted molar refractivity (Wildman–Crippen MR) is 140 cm³/mol. The average molecular weight is 487 g/mol. The molecule has 0 bridgehead atoms. The minimum Gasteiger partial charge on any atom is -0.497 e. The van der Waals surface area contributed by atoms with Gasteiger partial charge in [-0.05, 0) is 81.8 Å². The number of carbonyl (C=O) groups excluding carboxylic acids is 2. The number of aryl methyl sites for hydroxylation is 1. The number of aromatic nitrogens is 1. The van der Waals surface area contributed by atoms with Crippen molar-refractivity contribution in [1.29, 1.82) is 0 Å². The number of hydrogen-bond acceptors (Lipinski definition) is 5. The fraction of sp³-hybridized carbons (Fsp3) is 0.241. The molecule has 7 nitrogen and oxygen atoms in total. The summed E-state index contributed by atoms with van der Waals surface area (Å²) in [6.07, 6.45) is 1.77. The second-order valence-electron chi connectivity index (χ2n) is 8.44. The number of anilines is 1. The van der Waals surface area contributed by atoms with E-state index in [-0.39, 0.29) is 17.1 Å². The Morgan fingerprint density at radius 1 is 0.944 bits per heavy atom. The highest BCUT2D eigenvalue weighted by atomic mass is 16.5. The van der Waals surface area contributed by atoms with E-state index < -0.39 is 5.97 Å². The van der Waals surface area contributed by atoms with Crippen LogP contribution >= 0.6 is 0 Å². The van der Waals surface area contributed by atoms with Gasteiger partial charge in [-0.3, -0.25) is 9.69 Å². The first kappa shape index (κ1) is 24.9. The number of carbonyl (C=O) groups is 2. The molecule has 0 saturated carbocycles. The highest BCUT2D eigenvalue weighted by Gasteiger charge is 2.38. The Labute approximate surface area is 211 Å². The van der Waals surface area contributed by atoms with Crippen molar-refractivity contribution in [2.45, 2.75) is 27.7 Å². The lowest BCUT2D eigenvalue weighted by Gasteiger charge is -2.18. The SMILES string of the molecule is CCOc1ccc(-n2c(C)cc(/C=C3/C(=O)N(c4cccc(OC)c4)C(C)=C3C(=O)OC)c2C)cc1. The summed E-state index contributed by atoms with van der Waals surface area (Å²) in [5.41, 5.74) is 5.41. The maximum atomic E-state index is 13.7. The molecular weight excluding hydrogens is 456 g/mol. The zero-order valence-electron chi connectivity index (χ0n) is 21.4. The van der Waals surface area contributed by atoms with E-state index in [1.807, 2.05) is 51.1 Å².